The molecule has 0 fully saturated rings. The highest BCUT2D eigenvalue weighted by molar-refractivity contribution is 6.05. The van der Waals surface area contributed by atoms with E-state index in [0.717, 1.165) is 16.7 Å². The normalized spacial score (nSPS) is 15.4. The minimum absolute atomic E-state index is 0.00156. The summed E-state index contributed by atoms with van der Waals surface area (Å²) in [6.07, 6.45) is 4.12. The Morgan fingerprint density at radius 2 is 1.43 bits per heavy atom. The maximum atomic E-state index is 15.3. The Bertz CT molecular complexity index is 1930. The first-order valence-electron chi connectivity index (χ1n) is 18.3. The van der Waals surface area contributed by atoms with Gasteiger partial charge in [0.05, 0.1) is 19.0 Å². The Hall–Kier alpha value is -5.73. The fourth-order valence-corrected chi connectivity index (χ4v) is 5.65. The van der Waals surface area contributed by atoms with Crippen molar-refractivity contribution < 1.29 is 42.5 Å². The summed E-state index contributed by atoms with van der Waals surface area (Å²) in [5.74, 6) is -0.792. The number of halogens is 1. The first-order chi connectivity index (χ1) is 26.1. The van der Waals surface area contributed by atoms with E-state index in [2.05, 4.69) is 20.6 Å². The predicted octanol–water partition coefficient (Wildman–Crippen LogP) is 8.04. The van der Waals surface area contributed by atoms with Crippen LogP contribution in [0.3, 0.4) is 0 Å². The Morgan fingerprint density at radius 3 is 2.00 bits per heavy atom. The molecule has 15 heteroatoms. The minimum atomic E-state index is -0.854. The molecule has 0 bridgehead atoms. The number of carbonyl (C=O) groups is 4. The number of hydrogen-bond acceptors (Lipinski definition) is 8. The molecule has 4 amide bonds. The first-order valence-corrected chi connectivity index (χ1v) is 18.3. The second-order valence-electron chi connectivity index (χ2n) is 16.2. The molecule has 0 aliphatic carbocycles. The molecule has 0 unspecified atom stereocenters. The number of rotatable bonds is 6. The number of alkyl carbamates (subject to hydrolysis) is 1. The zero-order chi connectivity index (χ0) is 41.4. The van der Waals surface area contributed by atoms with Crippen molar-refractivity contribution in [3.05, 3.63) is 71.1 Å². The van der Waals surface area contributed by atoms with Crippen LogP contribution in [0.4, 0.5) is 24.5 Å². The van der Waals surface area contributed by atoms with Crippen LogP contribution in [0.15, 0.2) is 58.5 Å². The lowest BCUT2D eigenvalue weighted by Crippen LogP contribution is -2.48. The quantitative estimate of drug-likeness (QED) is 0.167. The molecule has 0 atom stereocenters. The number of nitrogens with zero attached hydrogens (tertiary/aromatic N) is 4. The van der Waals surface area contributed by atoms with Gasteiger partial charge in [0.15, 0.2) is 0 Å². The monoisotopic (exact) mass is 776 g/mol. The summed E-state index contributed by atoms with van der Waals surface area (Å²) in [7, 11) is 1.52. The molecule has 4 rings (SSSR count). The van der Waals surface area contributed by atoms with Gasteiger partial charge >= 0.3 is 18.3 Å². The maximum Gasteiger partial charge on any atom is 0.437 e. The smallest absolute Gasteiger partial charge is 0.437 e. The summed E-state index contributed by atoms with van der Waals surface area (Å²) < 4.78 is 36.9. The minimum Gasteiger partial charge on any atom is -0.496 e. The number of aliphatic imine (C=N–C) groups is 2. The average Bonchev–Trinajstić information content (AvgIpc) is 3.08. The van der Waals surface area contributed by atoms with Gasteiger partial charge in [-0.1, -0.05) is 18.2 Å². The first kappa shape index (κ1) is 43.0. The molecular weight excluding hydrogens is 723 g/mol. The molecule has 2 aliphatic rings. The standard InChI is InChI=1S/C41H53FN6O8/c1-39(2,3)54-36(50)43-25-47-19-15-26(16-20-47)28-11-13-31(32(42)23-28)34(49)44-29-12-14-30(33(24-29)53-10)27-17-21-48(22-18-27)35(45-37(51)55-40(4,5)6)46-38(52)56-41(7,8)9/h11-15,17,23-25H,16,18-22H2,1-10H3,(H,44,49)(H,45,46,51,52). The fourth-order valence-electron chi connectivity index (χ4n) is 5.65. The molecule has 2 aromatic carbocycles. The molecule has 2 N–H and O–H groups in total. The van der Waals surface area contributed by atoms with Gasteiger partial charge in [0.1, 0.15) is 28.4 Å². The van der Waals surface area contributed by atoms with Crippen molar-refractivity contribution in [3.63, 3.8) is 0 Å². The fraction of sp³-hybridized carbons (Fsp3) is 0.463. The number of carbonyl (C=O) groups excluding carboxylic acids is 4. The van der Waals surface area contributed by atoms with Crippen molar-refractivity contribution >= 4 is 53.3 Å². The van der Waals surface area contributed by atoms with Gasteiger partial charge in [-0.05, 0) is 116 Å². The van der Waals surface area contributed by atoms with Crippen molar-refractivity contribution in [1.82, 2.24) is 15.1 Å². The predicted molar refractivity (Wildman–Crippen MR) is 213 cm³/mol. The second kappa shape index (κ2) is 17.8. The molecule has 2 aromatic rings. The van der Waals surface area contributed by atoms with E-state index in [4.69, 9.17) is 18.9 Å². The molecule has 56 heavy (non-hydrogen) atoms. The number of hydrogen-bond donors (Lipinski definition) is 2. The molecule has 2 heterocycles. The Labute approximate surface area is 327 Å². The van der Waals surface area contributed by atoms with Gasteiger partial charge in [-0.15, -0.1) is 4.99 Å². The van der Waals surface area contributed by atoms with Gasteiger partial charge in [0, 0.05) is 43.5 Å². The largest absolute Gasteiger partial charge is 0.496 e. The number of benzene rings is 2. The highest BCUT2D eigenvalue weighted by Gasteiger charge is 2.26. The molecule has 0 radical (unpaired) electrons. The van der Waals surface area contributed by atoms with Crippen LogP contribution in [0.5, 0.6) is 5.75 Å². The van der Waals surface area contributed by atoms with E-state index < -0.39 is 46.8 Å². The van der Waals surface area contributed by atoms with Gasteiger partial charge in [0.25, 0.3) is 5.91 Å². The number of anilines is 1. The third-order valence-corrected chi connectivity index (χ3v) is 8.06. The number of amides is 4. The Kier molecular flexibility index (Phi) is 13.7. The third kappa shape index (κ3) is 13.2. The summed E-state index contributed by atoms with van der Waals surface area (Å²) in [5.41, 5.74) is 1.41. The molecule has 302 valence electrons. The van der Waals surface area contributed by atoms with Crippen LogP contribution in [0.1, 0.15) is 96.6 Å². The van der Waals surface area contributed by atoms with Crippen LogP contribution in [0, 0.1) is 5.82 Å². The highest BCUT2D eigenvalue weighted by Crippen LogP contribution is 2.33. The van der Waals surface area contributed by atoms with E-state index in [-0.39, 0.29) is 11.5 Å². The van der Waals surface area contributed by atoms with E-state index in [9.17, 15) is 19.2 Å². The lowest BCUT2D eigenvalue weighted by molar-refractivity contribution is 0.0551. The topological polar surface area (TPSA) is 160 Å². The van der Waals surface area contributed by atoms with Gasteiger partial charge in [-0.3, -0.25) is 10.1 Å². The van der Waals surface area contributed by atoms with Crippen LogP contribution in [-0.2, 0) is 14.2 Å². The molecule has 0 saturated heterocycles. The van der Waals surface area contributed by atoms with Crippen molar-refractivity contribution in [2.45, 2.75) is 92.0 Å². The number of nitrogens with one attached hydrogen (secondary N) is 2. The summed E-state index contributed by atoms with van der Waals surface area (Å²) >= 11 is 0. The van der Waals surface area contributed by atoms with Gasteiger partial charge in [-0.25, -0.2) is 18.8 Å². The second-order valence-corrected chi connectivity index (χ2v) is 16.2. The maximum absolute atomic E-state index is 15.3. The number of guanidine groups is 1. The molecule has 14 nitrogen and oxygen atoms in total. The van der Waals surface area contributed by atoms with E-state index in [1.54, 1.807) is 91.5 Å². The molecule has 0 saturated carbocycles. The van der Waals surface area contributed by atoms with Crippen LogP contribution < -0.4 is 15.4 Å². The third-order valence-electron chi connectivity index (χ3n) is 8.06. The zero-order valence-corrected chi connectivity index (χ0v) is 33.9. The zero-order valence-electron chi connectivity index (χ0n) is 33.9. The highest BCUT2D eigenvalue weighted by atomic mass is 19.1. The van der Waals surface area contributed by atoms with Crippen LogP contribution in [-0.4, -0.2) is 96.4 Å². The Balaban J connectivity index is 1.42. The SMILES string of the molecule is COc1cc(NC(=O)c2ccc(C3=CCN(C=NC(=O)OC(C)(C)C)CC3)cc2F)ccc1C1=CCN(C(=NC(=O)OC(C)(C)C)NC(=O)OC(C)(C)C)CC1. The molecule has 0 aromatic heterocycles. The summed E-state index contributed by atoms with van der Waals surface area (Å²) in [5, 5.41) is 5.35. The summed E-state index contributed by atoms with van der Waals surface area (Å²) in [6, 6.07) is 9.70. The van der Waals surface area contributed by atoms with Crippen molar-refractivity contribution in [2.24, 2.45) is 9.98 Å². The van der Waals surface area contributed by atoms with Crippen molar-refractivity contribution in [1.29, 1.82) is 0 Å². The lowest BCUT2D eigenvalue weighted by atomic mass is 9.97. The molecule has 2 aliphatic heterocycles. The molecular formula is C41H53FN6O8. The summed E-state index contributed by atoms with van der Waals surface area (Å²) in [4.78, 5) is 61.8. The van der Waals surface area contributed by atoms with Gasteiger partial charge < -0.3 is 34.1 Å². The van der Waals surface area contributed by atoms with E-state index in [1.807, 2.05) is 17.1 Å². The number of methoxy groups -OCH3 is 1. The van der Waals surface area contributed by atoms with E-state index in [1.165, 1.54) is 25.6 Å². The van der Waals surface area contributed by atoms with Crippen LogP contribution in [0.2, 0.25) is 0 Å². The Morgan fingerprint density at radius 1 is 0.786 bits per heavy atom. The van der Waals surface area contributed by atoms with E-state index >= 15 is 4.39 Å². The summed E-state index contributed by atoms with van der Waals surface area (Å²) in [6.45, 7) is 17.4. The van der Waals surface area contributed by atoms with Gasteiger partial charge in [0.2, 0.25) is 5.96 Å². The average molecular weight is 777 g/mol. The van der Waals surface area contributed by atoms with Crippen molar-refractivity contribution in [3.8, 4) is 5.75 Å². The van der Waals surface area contributed by atoms with Crippen LogP contribution in [0.25, 0.3) is 11.1 Å². The molecule has 0 spiro atoms. The van der Waals surface area contributed by atoms with E-state index in [0.29, 0.717) is 56.0 Å². The van der Waals surface area contributed by atoms with Crippen LogP contribution >= 0.6 is 0 Å². The lowest BCUT2D eigenvalue weighted by Gasteiger charge is -2.30. The number of ether oxygens (including phenoxy) is 4. The van der Waals surface area contributed by atoms with Gasteiger partial charge in [-0.2, -0.15) is 4.99 Å². The van der Waals surface area contributed by atoms with Crippen molar-refractivity contribution in [2.75, 3.05) is 38.6 Å².